The first-order valence-corrected chi connectivity index (χ1v) is 8.49. The SMILES string of the molecule is CCNC1CCC(C(C)(C)C)CC1SCCCO. The fourth-order valence-corrected chi connectivity index (χ4v) is 4.33. The zero-order chi connectivity index (χ0) is 13.6. The summed E-state index contributed by atoms with van der Waals surface area (Å²) in [5, 5.41) is 13.3. The van der Waals surface area contributed by atoms with E-state index in [2.05, 4.69) is 44.8 Å². The lowest BCUT2D eigenvalue weighted by molar-refractivity contribution is 0.165. The summed E-state index contributed by atoms with van der Waals surface area (Å²) in [5.74, 6) is 1.94. The Balaban J connectivity index is 2.52. The number of aliphatic hydroxyl groups is 1. The van der Waals surface area contributed by atoms with Crippen molar-refractivity contribution in [1.82, 2.24) is 5.32 Å². The van der Waals surface area contributed by atoms with E-state index in [1.165, 1.54) is 19.3 Å². The highest BCUT2D eigenvalue weighted by atomic mass is 32.2. The standard InChI is InChI=1S/C15H31NOS/c1-5-16-13-8-7-12(15(2,3)4)11-14(13)18-10-6-9-17/h12-14,16-17H,5-11H2,1-4H3. The number of hydrogen-bond acceptors (Lipinski definition) is 3. The average Bonchev–Trinajstić information content (AvgIpc) is 2.30. The van der Waals surface area contributed by atoms with Gasteiger partial charge in [-0.1, -0.05) is 27.7 Å². The maximum atomic E-state index is 8.92. The van der Waals surface area contributed by atoms with E-state index in [1.54, 1.807) is 0 Å². The van der Waals surface area contributed by atoms with E-state index in [0.29, 0.717) is 18.1 Å². The van der Waals surface area contributed by atoms with Crippen molar-refractivity contribution >= 4 is 11.8 Å². The van der Waals surface area contributed by atoms with E-state index in [0.717, 1.165) is 29.9 Å². The molecule has 1 saturated carbocycles. The second-order valence-corrected chi connectivity index (χ2v) is 7.87. The Morgan fingerprint density at radius 2 is 2.00 bits per heavy atom. The second kappa shape index (κ2) is 7.76. The van der Waals surface area contributed by atoms with Gasteiger partial charge in [-0.05, 0) is 49.3 Å². The molecule has 0 aromatic rings. The van der Waals surface area contributed by atoms with Crippen LogP contribution in [0.4, 0.5) is 0 Å². The summed E-state index contributed by atoms with van der Waals surface area (Å²) in [6.45, 7) is 10.7. The zero-order valence-electron chi connectivity index (χ0n) is 12.5. The minimum Gasteiger partial charge on any atom is -0.396 e. The maximum Gasteiger partial charge on any atom is 0.0438 e. The van der Waals surface area contributed by atoms with E-state index < -0.39 is 0 Å². The molecule has 1 fully saturated rings. The van der Waals surface area contributed by atoms with Gasteiger partial charge >= 0.3 is 0 Å². The smallest absolute Gasteiger partial charge is 0.0438 e. The molecule has 2 N–H and O–H groups in total. The van der Waals surface area contributed by atoms with Crippen LogP contribution >= 0.6 is 11.8 Å². The fourth-order valence-electron chi connectivity index (χ4n) is 2.89. The van der Waals surface area contributed by atoms with E-state index in [-0.39, 0.29) is 0 Å². The molecule has 0 heterocycles. The van der Waals surface area contributed by atoms with Gasteiger partial charge in [0, 0.05) is 17.9 Å². The average molecular weight is 273 g/mol. The van der Waals surface area contributed by atoms with Crippen LogP contribution in [0.25, 0.3) is 0 Å². The highest BCUT2D eigenvalue weighted by Crippen LogP contribution is 2.41. The topological polar surface area (TPSA) is 32.3 Å². The van der Waals surface area contributed by atoms with Crippen molar-refractivity contribution in [3.05, 3.63) is 0 Å². The van der Waals surface area contributed by atoms with Crippen LogP contribution in [0.1, 0.15) is 53.4 Å². The van der Waals surface area contributed by atoms with E-state index in [9.17, 15) is 0 Å². The normalized spacial score (nSPS) is 29.5. The van der Waals surface area contributed by atoms with Gasteiger partial charge in [-0.2, -0.15) is 11.8 Å². The third kappa shape index (κ3) is 5.10. The minimum absolute atomic E-state index is 0.328. The molecule has 3 heteroatoms. The number of nitrogens with one attached hydrogen (secondary N) is 1. The van der Waals surface area contributed by atoms with Gasteiger partial charge in [0.05, 0.1) is 0 Å². The molecule has 1 rings (SSSR count). The van der Waals surface area contributed by atoms with Crippen molar-refractivity contribution in [2.24, 2.45) is 11.3 Å². The van der Waals surface area contributed by atoms with Crippen molar-refractivity contribution < 1.29 is 5.11 Å². The Bertz CT molecular complexity index is 227. The van der Waals surface area contributed by atoms with Crippen molar-refractivity contribution in [2.75, 3.05) is 18.9 Å². The van der Waals surface area contributed by atoms with Crippen LogP contribution in [-0.4, -0.2) is 35.3 Å². The van der Waals surface area contributed by atoms with Crippen LogP contribution in [0.15, 0.2) is 0 Å². The van der Waals surface area contributed by atoms with Crippen LogP contribution < -0.4 is 5.32 Å². The molecule has 0 radical (unpaired) electrons. The summed E-state index contributed by atoms with van der Waals surface area (Å²) in [6.07, 6.45) is 4.93. The van der Waals surface area contributed by atoms with Crippen molar-refractivity contribution in [3.63, 3.8) is 0 Å². The highest BCUT2D eigenvalue weighted by Gasteiger charge is 2.35. The quantitative estimate of drug-likeness (QED) is 0.728. The first-order valence-electron chi connectivity index (χ1n) is 7.44. The summed E-state index contributed by atoms with van der Waals surface area (Å²) in [5.41, 5.74) is 0.437. The number of thioether (sulfide) groups is 1. The highest BCUT2D eigenvalue weighted by molar-refractivity contribution is 7.99. The molecular formula is C15H31NOS. The molecule has 0 amide bonds. The van der Waals surface area contributed by atoms with Crippen LogP contribution in [0.3, 0.4) is 0 Å². The summed E-state index contributed by atoms with van der Waals surface area (Å²) >= 11 is 2.07. The molecule has 0 aromatic carbocycles. The molecule has 2 nitrogen and oxygen atoms in total. The van der Waals surface area contributed by atoms with E-state index >= 15 is 0 Å². The third-order valence-electron chi connectivity index (χ3n) is 4.12. The van der Waals surface area contributed by atoms with E-state index in [4.69, 9.17) is 5.11 Å². The maximum absolute atomic E-state index is 8.92. The molecule has 0 saturated heterocycles. The molecular weight excluding hydrogens is 242 g/mol. The minimum atomic E-state index is 0.328. The Morgan fingerprint density at radius 1 is 1.28 bits per heavy atom. The van der Waals surface area contributed by atoms with Crippen LogP contribution in [0, 0.1) is 11.3 Å². The monoisotopic (exact) mass is 273 g/mol. The van der Waals surface area contributed by atoms with Crippen LogP contribution in [0.5, 0.6) is 0 Å². The Labute approximate surface area is 117 Å². The van der Waals surface area contributed by atoms with Crippen LogP contribution in [-0.2, 0) is 0 Å². The van der Waals surface area contributed by atoms with Crippen LogP contribution in [0.2, 0.25) is 0 Å². The largest absolute Gasteiger partial charge is 0.396 e. The predicted octanol–water partition coefficient (Wildman–Crippen LogP) is 3.29. The van der Waals surface area contributed by atoms with Gasteiger partial charge in [0.1, 0.15) is 0 Å². The van der Waals surface area contributed by atoms with Gasteiger partial charge in [-0.25, -0.2) is 0 Å². The lowest BCUT2D eigenvalue weighted by Gasteiger charge is -2.42. The molecule has 108 valence electrons. The summed E-state index contributed by atoms with van der Waals surface area (Å²) in [7, 11) is 0. The fraction of sp³-hybridized carbons (Fsp3) is 1.00. The zero-order valence-corrected chi connectivity index (χ0v) is 13.4. The molecule has 3 unspecified atom stereocenters. The summed E-state index contributed by atoms with van der Waals surface area (Å²) in [4.78, 5) is 0. The van der Waals surface area contributed by atoms with Gasteiger partial charge in [0.25, 0.3) is 0 Å². The Morgan fingerprint density at radius 3 is 2.56 bits per heavy atom. The first kappa shape index (κ1) is 16.3. The summed E-state index contributed by atoms with van der Waals surface area (Å²) in [6, 6.07) is 0.678. The molecule has 0 spiro atoms. The van der Waals surface area contributed by atoms with Gasteiger partial charge in [-0.3, -0.25) is 0 Å². The van der Waals surface area contributed by atoms with Gasteiger partial charge in [0.2, 0.25) is 0 Å². The molecule has 1 aliphatic rings. The Kier molecular flexibility index (Phi) is 7.04. The van der Waals surface area contributed by atoms with Crippen molar-refractivity contribution in [1.29, 1.82) is 0 Å². The van der Waals surface area contributed by atoms with Crippen molar-refractivity contribution in [2.45, 2.75) is 64.7 Å². The predicted molar refractivity (Wildman–Crippen MR) is 82.2 cm³/mol. The third-order valence-corrected chi connectivity index (χ3v) is 5.59. The molecule has 3 atom stereocenters. The van der Waals surface area contributed by atoms with Gasteiger partial charge in [0.15, 0.2) is 0 Å². The number of rotatable bonds is 6. The lowest BCUT2D eigenvalue weighted by Crippen LogP contribution is -2.44. The lowest BCUT2D eigenvalue weighted by atomic mass is 9.71. The summed E-state index contributed by atoms with van der Waals surface area (Å²) < 4.78 is 0. The molecule has 0 aliphatic heterocycles. The Hall–Kier alpha value is 0.270. The van der Waals surface area contributed by atoms with E-state index in [1.807, 2.05) is 0 Å². The number of hydrogen-bond donors (Lipinski definition) is 2. The molecule has 1 aliphatic carbocycles. The number of aliphatic hydroxyl groups excluding tert-OH is 1. The molecule has 0 bridgehead atoms. The van der Waals surface area contributed by atoms with Gasteiger partial charge in [-0.15, -0.1) is 0 Å². The van der Waals surface area contributed by atoms with Gasteiger partial charge < -0.3 is 10.4 Å². The molecule has 0 aromatic heterocycles. The second-order valence-electron chi connectivity index (χ2n) is 6.53. The van der Waals surface area contributed by atoms with Crippen molar-refractivity contribution in [3.8, 4) is 0 Å². The first-order chi connectivity index (χ1) is 8.49. The molecule has 18 heavy (non-hydrogen) atoms.